The number of benzene rings is 1. The lowest BCUT2D eigenvalue weighted by Gasteiger charge is -2.41. The number of hydrogen-bond acceptors (Lipinski definition) is 9. The highest BCUT2D eigenvalue weighted by molar-refractivity contribution is 5.90. The quantitative estimate of drug-likeness (QED) is 0.175. The summed E-state index contributed by atoms with van der Waals surface area (Å²) in [4.78, 5) is 63.0. The molecule has 3 N–H and O–H groups in total. The summed E-state index contributed by atoms with van der Waals surface area (Å²) in [5.41, 5.74) is 7.55. The van der Waals surface area contributed by atoms with Gasteiger partial charge in [-0.15, -0.1) is 0 Å². The van der Waals surface area contributed by atoms with E-state index in [0.717, 1.165) is 18.4 Å². The molecule has 2 rings (SSSR count). The van der Waals surface area contributed by atoms with E-state index in [1.54, 1.807) is 44.2 Å². The molecule has 13 nitrogen and oxygen atoms in total. The van der Waals surface area contributed by atoms with Crippen LogP contribution < -0.4 is 11.1 Å². The number of nitrogens with zero attached hydrogens (tertiary/aromatic N) is 5. The lowest BCUT2D eigenvalue weighted by Crippen LogP contribution is -2.59. The predicted molar refractivity (Wildman–Crippen MR) is 217 cm³/mol. The number of nitrogens with one attached hydrogen (secondary N) is 1. The first-order valence-electron chi connectivity index (χ1n) is 19.9. The summed E-state index contributed by atoms with van der Waals surface area (Å²) in [5.74, 6) is -1.50. The molecule has 0 saturated carbocycles. The van der Waals surface area contributed by atoms with E-state index in [2.05, 4.69) is 11.4 Å². The topological polar surface area (TPSA) is 162 Å². The van der Waals surface area contributed by atoms with Crippen molar-refractivity contribution in [1.29, 1.82) is 5.26 Å². The third-order valence-corrected chi connectivity index (χ3v) is 11.6. The van der Waals surface area contributed by atoms with Crippen molar-refractivity contribution in [2.45, 2.75) is 129 Å². The Balaban J connectivity index is 2.31. The molecular formula is C42H71N7O6. The average Bonchev–Trinajstić information content (AvgIpc) is 3.61. The van der Waals surface area contributed by atoms with Gasteiger partial charge in [-0.25, -0.2) is 0 Å². The number of hydrogen-bond donors (Lipinski definition) is 2. The minimum Gasteiger partial charge on any atom is -0.399 e. The Hall–Kier alpha value is -3.73. The van der Waals surface area contributed by atoms with Gasteiger partial charge in [0.05, 0.1) is 55.2 Å². The summed E-state index contributed by atoms with van der Waals surface area (Å²) >= 11 is 0. The van der Waals surface area contributed by atoms with Crippen LogP contribution in [0.3, 0.4) is 0 Å². The molecule has 4 amide bonds. The van der Waals surface area contributed by atoms with Gasteiger partial charge < -0.3 is 35.2 Å². The second-order valence-electron chi connectivity index (χ2n) is 16.4. The Morgan fingerprint density at radius 3 is 2.15 bits per heavy atom. The zero-order valence-electron chi connectivity index (χ0n) is 35.9. The molecule has 1 fully saturated rings. The Kier molecular flexibility index (Phi) is 19.1. The Labute approximate surface area is 331 Å². The van der Waals surface area contributed by atoms with Gasteiger partial charge in [0, 0.05) is 46.6 Å². The third kappa shape index (κ3) is 12.4. The minimum absolute atomic E-state index is 0.0247. The van der Waals surface area contributed by atoms with E-state index in [1.807, 2.05) is 90.6 Å². The van der Waals surface area contributed by atoms with Crippen LogP contribution in [0.25, 0.3) is 0 Å². The zero-order chi connectivity index (χ0) is 41.7. The lowest BCUT2D eigenvalue weighted by molar-refractivity contribution is -0.149. The fourth-order valence-corrected chi connectivity index (χ4v) is 8.35. The maximum Gasteiger partial charge on any atom is 0.245 e. The van der Waals surface area contributed by atoms with Gasteiger partial charge in [-0.2, -0.15) is 5.26 Å². The van der Waals surface area contributed by atoms with Crippen molar-refractivity contribution in [2.24, 2.45) is 23.7 Å². The highest BCUT2D eigenvalue weighted by Gasteiger charge is 2.44. The van der Waals surface area contributed by atoms with Crippen molar-refractivity contribution < 1.29 is 28.7 Å². The molecule has 55 heavy (non-hydrogen) atoms. The van der Waals surface area contributed by atoms with Gasteiger partial charge in [0.2, 0.25) is 23.6 Å². The van der Waals surface area contributed by atoms with Crippen LogP contribution in [0.2, 0.25) is 0 Å². The number of nitrogen functional groups attached to an aromatic ring is 1. The Morgan fingerprint density at radius 1 is 0.982 bits per heavy atom. The van der Waals surface area contributed by atoms with Crippen LogP contribution in [0.5, 0.6) is 0 Å². The molecule has 9 atom stereocenters. The number of carbonyl (C=O) groups is 4. The van der Waals surface area contributed by atoms with Crippen molar-refractivity contribution in [3.8, 4) is 6.07 Å². The highest BCUT2D eigenvalue weighted by Crippen LogP contribution is 2.30. The van der Waals surface area contributed by atoms with E-state index in [1.165, 1.54) is 0 Å². The first kappa shape index (κ1) is 47.4. The molecule has 1 heterocycles. The maximum atomic E-state index is 14.3. The first-order valence-corrected chi connectivity index (χ1v) is 19.9. The van der Waals surface area contributed by atoms with Gasteiger partial charge in [-0.3, -0.25) is 24.1 Å². The van der Waals surface area contributed by atoms with Crippen molar-refractivity contribution in [3.63, 3.8) is 0 Å². The SMILES string of the molecule is CC[C@H](C)[C@@H]([C@@H](CC(=O)N1CCC[C@H]1[C@H](OC)[C@@H](C)C(=O)N(C)[C@H](CC#N)Cc1cccc(N)c1)OC)N(C)C(=O)C(NC(=O)[C@H](C(C)C)N(C)C)C(C)C. The number of ether oxygens (including phenoxy) is 2. The molecule has 1 saturated heterocycles. The smallest absolute Gasteiger partial charge is 0.245 e. The molecule has 13 heteroatoms. The number of likely N-dealkylation sites (N-methyl/N-ethyl adjacent to an activating group) is 3. The number of nitriles is 1. The number of anilines is 1. The molecule has 0 bridgehead atoms. The molecule has 1 aliphatic rings. The van der Waals surface area contributed by atoms with E-state index in [9.17, 15) is 24.4 Å². The first-order chi connectivity index (χ1) is 25.9. The molecular weight excluding hydrogens is 699 g/mol. The summed E-state index contributed by atoms with van der Waals surface area (Å²) in [6.45, 7) is 14.2. The van der Waals surface area contributed by atoms with Crippen molar-refractivity contribution >= 4 is 29.3 Å². The number of nitrogens with two attached hydrogens (primary N) is 1. The molecule has 1 aliphatic heterocycles. The van der Waals surface area contributed by atoms with Crippen LogP contribution in [0.15, 0.2) is 24.3 Å². The fourth-order valence-electron chi connectivity index (χ4n) is 8.35. The minimum atomic E-state index is -0.764. The Bertz CT molecular complexity index is 1440. The summed E-state index contributed by atoms with van der Waals surface area (Å²) < 4.78 is 12.1. The van der Waals surface area contributed by atoms with Crippen LogP contribution >= 0.6 is 0 Å². The summed E-state index contributed by atoms with van der Waals surface area (Å²) in [6.07, 6.45) is 1.60. The molecule has 0 aromatic heterocycles. The molecule has 0 aliphatic carbocycles. The monoisotopic (exact) mass is 770 g/mol. The molecule has 1 aromatic rings. The molecule has 0 spiro atoms. The van der Waals surface area contributed by atoms with E-state index >= 15 is 0 Å². The van der Waals surface area contributed by atoms with Gasteiger partial charge in [0.25, 0.3) is 0 Å². The largest absolute Gasteiger partial charge is 0.399 e. The third-order valence-electron chi connectivity index (χ3n) is 11.6. The highest BCUT2D eigenvalue weighted by atomic mass is 16.5. The lowest BCUT2D eigenvalue weighted by atomic mass is 9.89. The van der Waals surface area contributed by atoms with Gasteiger partial charge >= 0.3 is 0 Å². The second kappa shape index (κ2) is 22.1. The van der Waals surface area contributed by atoms with Crippen molar-refractivity contribution in [2.75, 3.05) is 54.7 Å². The number of rotatable bonds is 21. The average molecular weight is 770 g/mol. The van der Waals surface area contributed by atoms with Crippen molar-refractivity contribution in [1.82, 2.24) is 24.9 Å². The fraction of sp³-hybridized carbons (Fsp3) is 0.738. The number of likely N-dealkylation sites (tertiary alicyclic amines) is 1. The van der Waals surface area contributed by atoms with Crippen LogP contribution in [0, 0.1) is 35.0 Å². The van der Waals surface area contributed by atoms with Crippen LogP contribution in [0.4, 0.5) is 5.69 Å². The summed E-state index contributed by atoms with van der Waals surface area (Å²) in [6, 6.07) is 7.34. The second-order valence-corrected chi connectivity index (χ2v) is 16.4. The van der Waals surface area contributed by atoms with E-state index < -0.39 is 36.3 Å². The number of carbonyl (C=O) groups excluding carboxylic acids is 4. The number of methoxy groups -OCH3 is 2. The summed E-state index contributed by atoms with van der Waals surface area (Å²) in [5, 5.41) is 12.7. The zero-order valence-corrected chi connectivity index (χ0v) is 35.9. The van der Waals surface area contributed by atoms with Crippen LogP contribution in [-0.4, -0.2) is 135 Å². The molecule has 0 radical (unpaired) electrons. The molecule has 310 valence electrons. The molecule has 1 aromatic carbocycles. The maximum absolute atomic E-state index is 14.3. The normalized spacial score (nSPS) is 18.9. The Morgan fingerprint density at radius 2 is 1.64 bits per heavy atom. The molecule has 1 unspecified atom stereocenters. The van der Waals surface area contributed by atoms with Gasteiger partial charge in [-0.1, -0.05) is 67.0 Å². The van der Waals surface area contributed by atoms with Gasteiger partial charge in [0.1, 0.15) is 6.04 Å². The predicted octanol–water partition coefficient (Wildman–Crippen LogP) is 4.20. The van der Waals surface area contributed by atoms with Crippen molar-refractivity contribution in [3.05, 3.63) is 29.8 Å². The summed E-state index contributed by atoms with van der Waals surface area (Å²) in [7, 11) is 10.3. The van der Waals surface area contributed by atoms with Gasteiger partial charge in [0.15, 0.2) is 0 Å². The van der Waals surface area contributed by atoms with Crippen LogP contribution in [-0.2, 0) is 35.1 Å². The van der Waals surface area contributed by atoms with E-state index in [4.69, 9.17) is 15.2 Å². The van der Waals surface area contributed by atoms with E-state index in [-0.39, 0.29) is 66.3 Å². The van der Waals surface area contributed by atoms with E-state index in [0.29, 0.717) is 25.1 Å². The number of amides is 4. The standard InChI is InChI=1S/C42H71N7O6/c1-14-28(6)38(48(11)42(53)36(26(2)3)45-40(51)37(27(4)5)46(8)9)34(54-12)25-35(50)49-22-16-19-33(49)39(55-13)29(7)41(52)47(10)32(20-21-43)24-30-17-15-18-31(44)23-30/h15,17-18,23,26-29,32-34,36-39H,14,16,19-20,22,24-25,44H2,1-13H3,(H,45,51)/t28-,29+,32+,33-,34+,36?,37-,38-,39+/m0/s1. The van der Waals surface area contributed by atoms with Gasteiger partial charge in [-0.05, 0) is 68.8 Å². The van der Waals surface area contributed by atoms with Crippen LogP contribution in [0.1, 0.15) is 86.1 Å².